The van der Waals surface area contributed by atoms with Gasteiger partial charge in [-0.05, 0) is 30.3 Å². The van der Waals surface area contributed by atoms with Gasteiger partial charge >= 0.3 is 12.6 Å². The number of aromatic nitrogens is 1. The van der Waals surface area contributed by atoms with Crippen molar-refractivity contribution in [1.29, 1.82) is 0 Å². The predicted octanol–water partition coefficient (Wildman–Crippen LogP) is 4.32. The summed E-state index contributed by atoms with van der Waals surface area (Å²) in [6.07, 6.45) is 2.81. The average molecular weight is 390 g/mol. The van der Waals surface area contributed by atoms with Crippen molar-refractivity contribution in [3.63, 3.8) is 0 Å². The number of alkyl halides is 2. The van der Waals surface area contributed by atoms with Crippen molar-refractivity contribution < 1.29 is 32.6 Å². The number of hydrogen-bond donors (Lipinski definition) is 1. The molecule has 0 radical (unpaired) electrons. The number of anilines is 2. The molecule has 1 aromatic heterocycles. The van der Waals surface area contributed by atoms with Gasteiger partial charge in [0.1, 0.15) is 5.76 Å². The normalized spacial score (nSPS) is 10.7. The van der Waals surface area contributed by atoms with Crippen molar-refractivity contribution in [2.75, 3.05) is 12.0 Å². The van der Waals surface area contributed by atoms with Gasteiger partial charge in [0.05, 0.1) is 25.4 Å². The third-order valence-corrected chi connectivity index (χ3v) is 3.88. The van der Waals surface area contributed by atoms with Crippen LogP contribution in [0.3, 0.4) is 0 Å². The van der Waals surface area contributed by atoms with E-state index in [1.165, 1.54) is 44.0 Å². The maximum atomic E-state index is 12.6. The molecule has 0 atom stereocenters. The van der Waals surface area contributed by atoms with Gasteiger partial charge in [0.15, 0.2) is 17.9 Å². The number of carboxylic acid groups (broad SMARTS) is 1. The molecule has 0 saturated carbocycles. The van der Waals surface area contributed by atoms with Crippen LogP contribution in [0.2, 0.25) is 0 Å². The number of methoxy groups -OCH3 is 1. The third-order valence-electron chi connectivity index (χ3n) is 3.88. The molecule has 0 aliphatic rings. The molecule has 0 aliphatic heterocycles. The zero-order valence-electron chi connectivity index (χ0n) is 14.7. The van der Waals surface area contributed by atoms with E-state index in [-0.39, 0.29) is 23.6 Å². The van der Waals surface area contributed by atoms with Gasteiger partial charge in [-0.3, -0.25) is 0 Å². The van der Waals surface area contributed by atoms with Crippen molar-refractivity contribution in [2.45, 2.75) is 13.2 Å². The number of hydrogen-bond acceptors (Lipinski definition) is 6. The molecule has 0 amide bonds. The number of carbonyl (C=O) groups is 1. The van der Waals surface area contributed by atoms with Crippen LogP contribution >= 0.6 is 0 Å². The lowest BCUT2D eigenvalue weighted by Gasteiger charge is -2.25. The molecule has 3 aromatic rings. The van der Waals surface area contributed by atoms with Gasteiger partial charge in [0, 0.05) is 17.4 Å². The number of nitrogens with zero attached hydrogens (tertiary/aromatic N) is 2. The standard InChI is InChI=1S/C19H16F2N2O5/c1-26-17-8-14(5-6-16(17)28-19(20)21)23(10-15-9-22-11-27-15)13-4-2-3-12(7-13)18(24)25/h2-9,11,19H,10H2,1H3,(H,24,25). The Bertz CT molecular complexity index is 947. The monoisotopic (exact) mass is 390 g/mol. The minimum atomic E-state index is -2.99. The second-order valence-electron chi connectivity index (χ2n) is 5.62. The highest BCUT2D eigenvalue weighted by Crippen LogP contribution is 2.36. The number of oxazole rings is 1. The minimum absolute atomic E-state index is 0.102. The fourth-order valence-corrected chi connectivity index (χ4v) is 2.63. The Balaban J connectivity index is 2.04. The molecule has 9 heteroatoms. The van der Waals surface area contributed by atoms with E-state index in [4.69, 9.17) is 9.15 Å². The van der Waals surface area contributed by atoms with Gasteiger partial charge in [0.25, 0.3) is 0 Å². The molecule has 0 spiro atoms. The van der Waals surface area contributed by atoms with Gasteiger partial charge in [0.2, 0.25) is 0 Å². The Morgan fingerprint density at radius 2 is 2.00 bits per heavy atom. The van der Waals surface area contributed by atoms with Crippen LogP contribution in [0.25, 0.3) is 0 Å². The van der Waals surface area contributed by atoms with Crippen LogP contribution < -0.4 is 14.4 Å². The molecule has 0 bridgehead atoms. The lowest BCUT2D eigenvalue weighted by atomic mass is 10.1. The van der Waals surface area contributed by atoms with E-state index >= 15 is 0 Å². The number of rotatable bonds is 8. The highest BCUT2D eigenvalue weighted by atomic mass is 19.3. The Labute approximate surface area is 158 Å². The molecule has 146 valence electrons. The van der Waals surface area contributed by atoms with E-state index in [2.05, 4.69) is 9.72 Å². The summed E-state index contributed by atoms with van der Waals surface area (Å²) in [5, 5.41) is 9.27. The predicted molar refractivity (Wildman–Crippen MR) is 95.4 cm³/mol. The van der Waals surface area contributed by atoms with Gasteiger partial charge in [-0.2, -0.15) is 8.78 Å². The first-order valence-corrected chi connectivity index (χ1v) is 8.09. The van der Waals surface area contributed by atoms with Crippen LogP contribution in [0.5, 0.6) is 11.5 Å². The third kappa shape index (κ3) is 4.37. The van der Waals surface area contributed by atoms with Crippen molar-refractivity contribution in [2.24, 2.45) is 0 Å². The summed E-state index contributed by atoms with van der Waals surface area (Å²) in [6, 6.07) is 10.7. The first-order chi connectivity index (χ1) is 13.5. The SMILES string of the molecule is COc1cc(N(Cc2cnco2)c2cccc(C(=O)O)c2)ccc1OC(F)F. The number of benzene rings is 2. The van der Waals surface area contributed by atoms with E-state index in [0.717, 1.165) is 0 Å². The number of ether oxygens (including phenoxy) is 2. The lowest BCUT2D eigenvalue weighted by Crippen LogP contribution is -2.17. The van der Waals surface area contributed by atoms with Gasteiger partial charge < -0.3 is 23.9 Å². The quantitative estimate of drug-likeness (QED) is 0.613. The summed E-state index contributed by atoms with van der Waals surface area (Å²) >= 11 is 0. The number of halogens is 2. The summed E-state index contributed by atoms with van der Waals surface area (Å²) in [4.78, 5) is 16.9. The molecule has 3 rings (SSSR count). The van der Waals surface area contributed by atoms with Crippen LogP contribution in [-0.4, -0.2) is 29.8 Å². The second-order valence-corrected chi connectivity index (χ2v) is 5.62. The molecule has 0 aliphatic carbocycles. The average Bonchev–Trinajstić information content (AvgIpc) is 3.19. The Hall–Kier alpha value is -3.62. The Kier molecular flexibility index (Phi) is 5.73. The summed E-state index contributed by atoms with van der Waals surface area (Å²) < 4.78 is 40.0. The molecule has 1 N–H and O–H groups in total. The molecule has 2 aromatic carbocycles. The van der Waals surface area contributed by atoms with E-state index in [1.807, 2.05) is 0 Å². The van der Waals surface area contributed by atoms with E-state index in [0.29, 0.717) is 17.1 Å². The maximum Gasteiger partial charge on any atom is 0.387 e. The number of carboxylic acids is 1. The molecule has 0 fully saturated rings. The first-order valence-electron chi connectivity index (χ1n) is 8.09. The van der Waals surface area contributed by atoms with E-state index < -0.39 is 12.6 Å². The van der Waals surface area contributed by atoms with Gasteiger partial charge in [-0.25, -0.2) is 9.78 Å². The summed E-state index contributed by atoms with van der Waals surface area (Å²) in [5.41, 5.74) is 1.21. The molecule has 1 heterocycles. The topological polar surface area (TPSA) is 85.0 Å². The molecule has 0 unspecified atom stereocenters. The zero-order valence-corrected chi connectivity index (χ0v) is 14.7. The minimum Gasteiger partial charge on any atom is -0.493 e. The van der Waals surface area contributed by atoms with Crippen LogP contribution in [-0.2, 0) is 6.54 Å². The highest BCUT2D eigenvalue weighted by molar-refractivity contribution is 5.89. The summed E-state index contributed by atoms with van der Waals surface area (Å²) in [7, 11) is 1.34. The lowest BCUT2D eigenvalue weighted by molar-refractivity contribution is -0.0512. The Morgan fingerprint density at radius 3 is 2.64 bits per heavy atom. The summed E-state index contributed by atoms with van der Waals surface area (Å²) in [5.74, 6) is -0.553. The fraction of sp³-hybridized carbons (Fsp3) is 0.158. The second kappa shape index (κ2) is 8.38. The fourth-order valence-electron chi connectivity index (χ4n) is 2.63. The van der Waals surface area contributed by atoms with Crippen LogP contribution in [0.1, 0.15) is 16.1 Å². The van der Waals surface area contributed by atoms with Crippen molar-refractivity contribution in [1.82, 2.24) is 4.98 Å². The van der Waals surface area contributed by atoms with Crippen molar-refractivity contribution in [3.05, 3.63) is 66.4 Å². The van der Waals surface area contributed by atoms with Gasteiger partial charge in [-0.1, -0.05) is 6.07 Å². The van der Waals surface area contributed by atoms with Crippen molar-refractivity contribution >= 4 is 17.3 Å². The Morgan fingerprint density at radius 1 is 1.21 bits per heavy atom. The molecule has 28 heavy (non-hydrogen) atoms. The van der Waals surface area contributed by atoms with Crippen molar-refractivity contribution in [3.8, 4) is 11.5 Å². The highest BCUT2D eigenvalue weighted by Gasteiger charge is 2.18. The first kappa shape index (κ1) is 19.2. The molecular weight excluding hydrogens is 374 g/mol. The van der Waals surface area contributed by atoms with Gasteiger partial charge in [-0.15, -0.1) is 0 Å². The van der Waals surface area contributed by atoms with E-state index in [9.17, 15) is 18.7 Å². The van der Waals surface area contributed by atoms with Crippen LogP contribution in [0.15, 0.2) is 59.5 Å². The molecule has 0 saturated heterocycles. The maximum absolute atomic E-state index is 12.6. The zero-order chi connectivity index (χ0) is 20.1. The molecular formula is C19H16F2N2O5. The number of aromatic carboxylic acids is 1. The van der Waals surface area contributed by atoms with Crippen LogP contribution in [0.4, 0.5) is 20.2 Å². The smallest absolute Gasteiger partial charge is 0.387 e. The van der Waals surface area contributed by atoms with E-state index in [1.54, 1.807) is 23.1 Å². The van der Waals surface area contributed by atoms with Crippen LogP contribution in [0, 0.1) is 0 Å². The largest absolute Gasteiger partial charge is 0.493 e. The molecule has 7 nitrogen and oxygen atoms in total. The summed E-state index contributed by atoms with van der Waals surface area (Å²) in [6.45, 7) is -2.77.